The third kappa shape index (κ3) is 3.31. The van der Waals surface area contributed by atoms with Crippen LogP contribution in [-0.4, -0.2) is 67.9 Å². The topological polar surface area (TPSA) is 94.2 Å². The fourth-order valence-corrected chi connectivity index (χ4v) is 3.61. The number of fused-ring (bicyclic) bond motifs is 1. The van der Waals surface area contributed by atoms with Gasteiger partial charge in [0.1, 0.15) is 16.4 Å². The molecule has 2 aliphatic heterocycles. The van der Waals surface area contributed by atoms with E-state index in [2.05, 4.69) is 5.32 Å². The molecule has 0 spiro atoms. The lowest BCUT2D eigenvalue weighted by atomic mass is 9.68. The number of rotatable bonds is 4. The Kier molecular flexibility index (Phi) is 5.32. The number of carbonyl (C=O) groups is 3. The molecule has 0 bridgehead atoms. The SMILES string of the molecule is CCOC(=O)[C@]12CNC[C@]1(C(=O)OCC)CN(C(=O)OC(C)(C)C)C2. The first kappa shape index (κ1) is 19.5. The van der Waals surface area contributed by atoms with Gasteiger partial charge in [-0.15, -0.1) is 0 Å². The number of esters is 2. The standard InChI is InChI=1S/C17H28N2O6/c1-6-23-12(20)16-8-18-9-17(16,13(21)24-7-2)11-19(10-16)14(22)25-15(3,4)5/h18H,6-11H2,1-5H3/t16-,17-/m1/s1. The summed E-state index contributed by atoms with van der Waals surface area (Å²) in [5.41, 5.74) is -2.99. The zero-order valence-corrected chi connectivity index (χ0v) is 15.6. The molecule has 2 saturated heterocycles. The highest BCUT2D eigenvalue weighted by atomic mass is 16.6. The Morgan fingerprint density at radius 2 is 1.40 bits per heavy atom. The first-order valence-corrected chi connectivity index (χ1v) is 8.65. The largest absolute Gasteiger partial charge is 0.465 e. The monoisotopic (exact) mass is 356 g/mol. The highest BCUT2D eigenvalue weighted by Gasteiger charge is 2.71. The smallest absolute Gasteiger partial charge is 0.410 e. The lowest BCUT2D eigenvalue weighted by Crippen LogP contribution is -2.52. The molecule has 2 fully saturated rings. The van der Waals surface area contributed by atoms with Crippen LogP contribution in [0.4, 0.5) is 4.79 Å². The molecule has 2 heterocycles. The summed E-state index contributed by atoms with van der Waals surface area (Å²) in [5.74, 6) is -0.974. The van der Waals surface area contributed by atoms with Gasteiger partial charge in [0.05, 0.1) is 13.2 Å². The predicted octanol–water partition coefficient (Wildman–Crippen LogP) is 0.939. The summed E-state index contributed by atoms with van der Waals surface area (Å²) < 4.78 is 15.9. The molecular formula is C17H28N2O6. The summed E-state index contributed by atoms with van der Waals surface area (Å²) in [4.78, 5) is 39.5. The third-order valence-electron chi connectivity index (χ3n) is 4.68. The van der Waals surface area contributed by atoms with Gasteiger partial charge in [-0.1, -0.05) is 0 Å². The van der Waals surface area contributed by atoms with Gasteiger partial charge in [-0.25, -0.2) is 4.79 Å². The van der Waals surface area contributed by atoms with Crippen molar-refractivity contribution in [3.63, 3.8) is 0 Å². The van der Waals surface area contributed by atoms with Gasteiger partial charge in [0, 0.05) is 26.2 Å². The summed E-state index contributed by atoms with van der Waals surface area (Å²) in [5, 5.41) is 3.11. The summed E-state index contributed by atoms with van der Waals surface area (Å²) in [6.07, 6.45) is -0.547. The molecular weight excluding hydrogens is 328 g/mol. The van der Waals surface area contributed by atoms with Crippen molar-refractivity contribution in [2.45, 2.75) is 40.2 Å². The van der Waals surface area contributed by atoms with Crippen LogP contribution in [0.3, 0.4) is 0 Å². The molecule has 0 saturated carbocycles. The van der Waals surface area contributed by atoms with Crippen molar-refractivity contribution in [2.75, 3.05) is 39.4 Å². The van der Waals surface area contributed by atoms with E-state index >= 15 is 0 Å². The van der Waals surface area contributed by atoms with Crippen LogP contribution in [0, 0.1) is 10.8 Å². The van der Waals surface area contributed by atoms with E-state index in [4.69, 9.17) is 14.2 Å². The van der Waals surface area contributed by atoms with Gasteiger partial charge in [-0.3, -0.25) is 9.59 Å². The van der Waals surface area contributed by atoms with Gasteiger partial charge in [-0.2, -0.15) is 0 Å². The Labute approximate surface area is 148 Å². The summed E-state index contributed by atoms with van der Waals surface area (Å²) in [7, 11) is 0. The van der Waals surface area contributed by atoms with Crippen LogP contribution >= 0.6 is 0 Å². The predicted molar refractivity (Wildman–Crippen MR) is 88.8 cm³/mol. The molecule has 8 nitrogen and oxygen atoms in total. The molecule has 0 aromatic rings. The van der Waals surface area contributed by atoms with Crippen molar-refractivity contribution >= 4 is 18.0 Å². The van der Waals surface area contributed by atoms with Gasteiger partial charge in [0.2, 0.25) is 0 Å². The Morgan fingerprint density at radius 3 is 1.76 bits per heavy atom. The normalized spacial score (nSPS) is 28.4. The molecule has 2 atom stereocenters. The third-order valence-corrected chi connectivity index (χ3v) is 4.68. The van der Waals surface area contributed by atoms with Crippen LogP contribution in [0.1, 0.15) is 34.6 Å². The molecule has 0 aliphatic carbocycles. The van der Waals surface area contributed by atoms with Crippen molar-refractivity contribution in [3.05, 3.63) is 0 Å². The highest BCUT2D eigenvalue weighted by molar-refractivity contribution is 5.92. The lowest BCUT2D eigenvalue weighted by Gasteiger charge is -2.33. The minimum Gasteiger partial charge on any atom is -0.465 e. The van der Waals surface area contributed by atoms with Gasteiger partial charge in [-0.05, 0) is 34.6 Å². The van der Waals surface area contributed by atoms with E-state index in [1.807, 2.05) is 0 Å². The highest BCUT2D eigenvalue weighted by Crippen LogP contribution is 2.51. The van der Waals surface area contributed by atoms with E-state index in [0.29, 0.717) is 0 Å². The van der Waals surface area contributed by atoms with Gasteiger partial charge >= 0.3 is 18.0 Å². The molecule has 2 aliphatic rings. The number of nitrogens with one attached hydrogen (secondary N) is 1. The van der Waals surface area contributed by atoms with Gasteiger partial charge in [0.15, 0.2) is 0 Å². The number of hydrogen-bond acceptors (Lipinski definition) is 7. The van der Waals surface area contributed by atoms with Gasteiger partial charge in [0.25, 0.3) is 0 Å². The van der Waals surface area contributed by atoms with E-state index in [9.17, 15) is 14.4 Å². The number of hydrogen-bond donors (Lipinski definition) is 1. The number of likely N-dealkylation sites (tertiary alicyclic amines) is 1. The number of ether oxygens (including phenoxy) is 3. The summed E-state index contributed by atoms with van der Waals surface area (Å²) in [6, 6.07) is 0. The minimum atomic E-state index is -1.16. The van der Waals surface area contributed by atoms with Crippen LogP contribution in [0.15, 0.2) is 0 Å². The Bertz CT molecular complexity index is 524. The van der Waals surface area contributed by atoms with Crippen LogP contribution in [-0.2, 0) is 23.8 Å². The molecule has 0 unspecified atom stereocenters. The Balaban J connectivity index is 2.37. The van der Waals surface area contributed by atoms with Crippen LogP contribution in [0.25, 0.3) is 0 Å². The number of nitrogens with zero attached hydrogens (tertiary/aromatic N) is 1. The average molecular weight is 356 g/mol. The maximum Gasteiger partial charge on any atom is 0.410 e. The zero-order chi connectivity index (χ0) is 18.9. The van der Waals surface area contributed by atoms with Crippen molar-refractivity contribution in [3.8, 4) is 0 Å². The van der Waals surface area contributed by atoms with Crippen LogP contribution in [0.2, 0.25) is 0 Å². The molecule has 25 heavy (non-hydrogen) atoms. The van der Waals surface area contributed by atoms with Crippen molar-refractivity contribution in [2.24, 2.45) is 10.8 Å². The van der Waals surface area contributed by atoms with E-state index in [1.165, 1.54) is 4.90 Å². The maximum atomic E-state index is 12.8. The number of amides is 1. The first-order valence-electron chi connectivity index (χ1n) is 8.65. The Morgan fingerprint density at radius 1 is 0.960 bits per heavy atom. The Hall–Kier alpha value is -1.83. The molecule has 2 rings (SSSR count). The molecule has 0 radical (unpaired) electrons. The molecule has 0 aromatic carbocycles. The summed E-state index contributed by atoms with van der Waals surface area (Å²) >= 11 is 0. The second-order valence-corrected chi connectivity index (χ2v) is 7.55. The van der Waals surface area contributed by atoms with Gasteiger partial charge < -0.3 is 24.4 Å². The van der Waals surface area contributed by atoms with Crippen molar-refractivity contribution in [1.82, 2.24) is 10.2 Å². The minimum absolute atomic E-state index is 0.0621. The maximum absolute atomic E-state index is 12.8. The molecule has 1 amide bonds. The summed E-state index contributed by atoms with van der Waals surface area (Å²) in [6.45, 7) is 9.76. The lowest BCUT2D eigenvalue weighted by molar-refractivity contribution is -0.171. The average Bonchev–Trinajstić information content (AvgIpc) is 3.00. The second-order valence-electron chi connectivity index (χ2n) is 7.55. The number of carbonyl (C=O) groups excluding carboxylic acids is 3. The first-order chi connectivity index (χ1) is 11.6. The quantitative estimate of drug-likeness (QED) is 0.592. The van der Waals surface area contributed by atoms with Crippen LogP contribution < -0.4 is 5.32 Å². The van der Waals surface area contributed by atoms with E-state index in [1.54, 1.807) is 34.6 Å². The molecule has 8 heteroatoms. The zero-order valence-electron chi connectivity index (χ0n) is 15.6. The molecule has 0 aromatic heterocycles. The van der Waals surface area contributed by atoms with E-state index in [-0.39, 0.29) is 39.4 Å². The van der Waals surface area contributed by atoms with E-state index in [0.717, 1.165) is 0 Å². The fraction of sp³-hybridized carbons (Fsp3) is 0.824. The van der Waals surface area contributed by atoms with Crippen molar-refractivity contribution in [1.29, 1.82) is 0 Å². The molecule has 1 N–H and O–H groups in total. The van der Waals surface area contributed by atoms with Crippen molar-refractivity contribution < 1.29 is 28.6 Å². The second kappa shape index (κ2) is 6.82. The van der Waals surface area contributed by atoms with E-state index < -0.39 is 34.5 Å². The fourth-order valence-electron chi connectivity index (χ4n) is 3.61. The molecule has 142 valence electrons. The van der Waals surface area contributed by atoms with Crippen LogP contribution in [0.5, 0.6) is 0 Å².